The molecule has 1 aromatic carbocycles. The van der Waals surface area contributed by atoms with Crippen LogP contribution in [0.25, 0.3) is 0 Å². The lowest BCUT2D eigenvalue weighted by atomic mass is 10.1. The number of nitrogens with one attached hydrogen (secondary N) is 1. The highest BCUT2D eigenvalue weighted by Crippen LogP contribution is 2.23. The molecule has 1 aromatic rings. The summed E-state index contributed by atoms with van der Waals surface area (Å²) in [4.78, 5) is 46.7. The van der Waals surface area contributed by atoms with Gasteiger partial charge < -0.3 is 19.5 Å². The van der Waals surface area contributed by atoms with Gasteiger partial charge >= 0.3 is 17.9 Å². The predicted molar refractivity (Wildman–Crippen MR) is 85.4 cm³/mol. The molecule has 0 unspecified atom stereocenters. The van der Waals surface area contributed by atoms with E-state index in [1.54, 1.807) is 18.2 Å². The van der Waals surface area contributed by atoms with Gasteiger partial charge in [-0.1, -0.05) is 12.1 Å². The van der Waals surface area contributed by atoms with Gasteiger partial charge in [0.25, 0.3) is 5.79 Å². The number of cyclic esters (lactones) is 2. The van der Waals surface area contributed by atoms with Crippen molar-refractivity contribution in [2.45, 2.75) is 26.6 Å². The van der Waals surface area contributed by atoms with Crippen molar-refractivity contribution in [2.24, 2.45) is 0 Å². The molecule has 8 heteroatoms. The number of carbonyl (C=O) groups is 4. The smallest absolute Gasteiger partial charge is 0.350 e. The Morgan fingerprint density at radius 3 is 2.36 bits per heavy atom. The molecule has 1 saturated heterocycles. The maximum absolute atomic E-state index is 12.0. The number of anilines is 1. The highest BCUT2D eigenvalue weighted by atomic mass is 16.7. The standard InChI is InChI=1S/C17H17NO7/c1-10(19)9-23-14(20)11-6-4-5-7-13(11)18-8-12-15(21)24-17(2,3)25-16(12)22/h4-8,18H,9H2,1-3H3. The quantitative estimate of drug-likeness (QED) is 0.486. The highest BCUT2D eigenvalue weighted by Gasteiger charge is 2.39. The highest BCUT2D eigenvalue weighted by molar-refractivity contribution is 6.15. The first-order chi connectivity index (χ1) is 11.7. The number of Topliss-reactive ketones (excluding diaryl/α,β-unsaturated/α-hetero) is 1. The first kappa shape index (κ1) is 18.2. The Labute approximate surface area is 143 Å². The van der Waals surface area contributed by atoms with Crippen LogP contribution in [-0.4, -0.2) is 36.1 Å². The molecule has 1 N–H and O–H groups in total. The normalized spacial score (nSPS) is 15.7. The van der Waals surface area contributed by atoms with Gasteiger partial charge in [-0.2, -0.15) is 0 Å². The van der Waals surface area contributed by atoms with Crippen molar-refractivity contribution in [3.05, 3.63) is 41.6 Å². The van der Waals surface area contributed by atoms with Crippen LogP contribution < -0.4 is 5.32 Å². The van der Waals surface area contributed by atoms with Crippen molar-refractivity contribution in [2.75, 3.05) is 11.9 Å². The van der Waals surface area contributed by atoms with Crippen molar-refractivity contribution in [1.29, 1.82) is 0 Å². The lowest BCUT2D eigenvalue weighted by Gasteiger charge is -2.29. The summed E-state index contributed by atoms with van der Waals surface area (Å²) in [5, 5.41) is 2.69. The summed E-state index contributed by atoms with van der Waals surface area (Å²) in [5.41, 5.74) is 0.0821. The summed E-state index contributed by atoms with van der Waals surface area (Å²) >= 11 is 0. The van der Waals surface area contributed by atoms with E-state index in [2.05, 4.69) is 5.32 Å². The molecule has 0 bridgehead atoms. The predicted octanol–water partition coefficient (Wildman–Crippen LogP) is 1.56. The second-order valence-corrected chi connectivity index (χ2v) is 5.70. The van der Waals surface area contributed by atoms with Gasteiger partial charge in [0.15, 0.2) is 11.4 Å². The molecule has 1 aliphatic heterocycles. The minimum atomic E-state index is -1.33. The molecule has 0 aromatic heterocycles. The van der Waals surface area contributed by atoms with E-state index in [4.69, 9.17) is 14.2 Å². The molecule has 0 radical (unpaired) electrons. The molecule has 0 atom stereocenters. The number of carbonyl (C=O) groups excluding carboxylic acids is 4. The summed E-state index contributed by atoms with van der Waals surface area (Å²) in [6.07, 6.45) is 1.09. The fourth-order valence-electron chi connectivity index (χ4n) is 1.96. The van der Waals surface area contributed by atoms with E-state index < -0.39 is 23.7 Å². The van der Waals surface area contributed by atoms with Gasteiger partial charge in [-0.3, -0.25) is 4.79 Å². The van der Waals surface area contributed by atoms with Gasteiger partial charge in [0.2, 0.25) is 0 Å². The van der Waals surface area contributed by atoms with Crippen LogP contribution >= 0.6 is 0 Å². The van der Waals surface area contributed by atoms with E-state index in [0.29, 0.717) is 0 Å². The fraction of sp³-hybridized carbons (Fsp3) is 0.294. The van der Waals surface area contributed by atoms with Crippen molar-refractivity contribution < 1.29 is 33.4 Å². The SMILES string of the molecule is CC(=O)COC(=O)c1ccccc1NC=C1C(=O)OC(C)(C)OC1=O. The topological polar surface area (TPSA) is 108 Å². The average molecular weight is 347 g/mol. The second-order valence-electron chi connectivity index (χ2n) is 5.70. The molecule has 132 valence electrons. The molecule has 0 saturated carbocycles. The Bertz CT molecular complexity index is 742. The Hall–Kier alpha value is -3.16. The molecule has 25 heavy (non-hydrogen) atoms. The fourth-order valence-corrected chi connectivity index (χ4v) is 1.96. The molecule has 1 aliphatic rings. The Kier molecular flexibility index (Phi) is 5.21. The van der Waals surface area contributed by atoms with E-state index in [-0.39, 0.29) is 29.2 Å². The second kappa shape index (κ2) is 7.16. The number of para-hydroxylation sites is 1. The van der Waals surface area contributed by atoms with Gasteiger partial charge in [0.05, 0.1) is 11.3 Å². The number of hydrogen-bond donors (Lipinski definition) is 1. The zero-order chi connectivity index (χ0) is 18.6. The lowest BCUT2D eigenvalue weighted by molar-refractivity contribution is -0.222. The Morgan fingerprint density at radius 2 is 1.76 bits per heavy atom. The summed E-state index contributed by atoms with van der Waals surface area (Å²) in [7, 11) is 0. The molecule has 0 aliphatic carbocycles. The van der Waals surface area contributed by atoms with Gasteiger partial charge in [-0.05, 0) is 19.1 Å². The lowest BCUT2D eigenvalue weighted by Crippen LogP contribution is -2.42. The van der Waals surface area contributed by atoms with Gasteiger partial charge in [-0.15, -0.1) is 0 Å². The third-order valence-electron chi connectivity index (χ3n) is 3.04. The van der Waals surface area contributed by atoms with Crippen LogP contribution in [0.15, 0.2) is 36.0 Å². The van der Waals surface area contributed by atoms with Crippen molar-refractivity contribution >= 4 is 29.4 Å². The minimum absolute atomic E-state index is 0.137. The maximum Gasteiger partial charge on any atom is 0.350 e. The summed E-state index contributed by atoms with van der Waals surface area (Å²) in [6, 6.07) is 6.27. The van der Waals surface area contributed by atoms with E-state index in [1.165, 1.54) is 26.8 Å². The molecule has 0 spiro atoms. The largest absolute Gasteiger partial charge is 0.454 e. The molecular weight excluding hydrogens is 330 g/mol. The average Bonchev–Trinajstić information content (AvgIpc) is 2.51. The number of benzene rings is 1. The third-order valence-corrected chi connectivity index (χ3v) is 3.04. The van der Waals surface area contributed by atoms with E-state index >= 15 is 0 Å². The minimum Gasteiger partial charge on any atom is -0.454 e. The Morgan fingerprint density at radius 1 is 1.16 bits per heavy atom. The third kappa shape index (κ3) is 4.66. The number of esters is 3. The Balaban J connectivity index is 2.18. The summed E-state index contributed by atoms with van der Waals surface area (Å²) < 4.78 is 14.8. The van der Waals surface area contributed by atoms with Crippen LogP contribution in [0, 0.1) is 0 Å². The van der Waals surface area contributed by atoms with Gasteiger partial charge in [-0.25, -0.2) is 14.4 Å². The van der Waals surface area contributed by atoms with Crippen LogP contribution in [0.1, 0.15) is 31.1 Å². The zero-order valence-electron chi connectivity index (χ0n) is 14.0. The first-order valence-electron chi connectivity index (χ1n) is 7.38. The number of rotatable bonds is 5. The van der Waals surface area contributed by atoms with Crippen LogP contribution in [0.5, 0.6) is 0 Å². The number of ketones is 1. The molecular formula is C17H17NO7. The van der Waals surface area contributed by atoms with Gasteiger partial charge in [0, 0.05) is 20.0 Å². The summed E-state index contributed by atoms with van der Waals surface area (Å²) in [6.45, 7) is 3.83. The zero-order valence-corrected chi connectivity index (χ0v) is 14.0. The van der Waals surface area contributed by atoms with E-state index in [0.717, 1.165) is 6.20 Å². The molecule has 2 rings (SSSR count). The van der Waals surface area contributed by atoms with Crippen LogP contribution in [-0.2, 0) is 28.6 Å². The monoisotopic (exact) mass is 347 g/mol. The van der Waals surface area contributed by atoms with E-state index in [1.807, 2.05) is 0 Å². The van der Waals surface area contributed by atoms with Crippen molar-refractivity contribution in [3.8, 4) is 0 Å². The molecule has 1 fully saturated rings. The maximum atomic E-state index is 12.0. The molecule has 1 heterocycles. The summed E-state index contributed by atoms with van der Waals surface area (Å²) in [5.74, 6) is -4.03. The van der Waals surface area contributed by atoms with E-state index in [9.17, 15) is 19.2 Å². The first-order valence-corrected chi connectivity index (χ1v) is 7.38. The number of hydrogen-bond acceptors (Lipinski definition) is 8. The van der Waals surface area contributed by atoms with Crippen LogP contribution in [0.4, 0.5) is 5.69 Å². The van der Waals surface area contributed by atoms with Crippen molar-refractivity contribution in [3.63, 3.8) is 0 Å². The number of ether oxygens (including phenoxy) is 3. The van der Waals surface area contributed by atoms with Crippen LogP contribution in [0.3, 0.4) is 0 Å². The molecule has 8 nitrogen and oxygen atoms in total. The van der Waals surface area contributed by atoms with Gasteiger partial charge in [0.1, 0.15) is 6.61 Å². The van der Waals surface area contributed by atoms with Crippen molar-refractivity contribution in [1.82, 2.24) is 0 Å². The van der Waals surface area contributed by atoms with Crippen LogP contribution in [0.2, 0.25) is 0 Å². The molecule has 0 amide bonds.